The average molecular weight is 364 g/mol. The van der Waals surface area contributed by atoms with Gasteiger partial charge in [0.25, 0.3) is 0 Å². The molecule has 0 amide bonds. The third-order valence-electron chi connectivity index (χ3n) is 2.62. The van der Waals surface area contributed by atoms with E-state index in [0.717, 1.165) is 22.0 Å². The maximum atomic E-state index is 11.3. The average Bonchev–Trinajstić information content (AvgIpc) is 2.33. The number of phenolic OH excluding ortho intramolecular Hbond substituents is 1. The Bertz CT molecular complexity index is 418. The summed E-state index contributed by atoms with van der Waals surface area (Å²) in [5.41, 5.74) is 1.03. The van der Waals surface area contributed by atoms with E-state index in [0.29, 0.717) is 12.2 Å². The molecule has 0 aromatic heterocycles. The Kier molecular flexibility index (Phi) is 6.42. The van der Waals surface area contributed by atoms with Crippen molar-refractivity contribution in [3.63, 3.8) is 0 Å². The van der Waals surface area contributed by atoms with Crippen LogP contribution in [-0.4, -0.2) is 29.7 Å². The molecule has 0 saturated heterocycles. The number of aromatic hydroxyl groups is 1. The first-order valence-electron chi connectivity index (χ1n) is 5.76. The molecule has 0 fully saturated rings. The van der Waals surface area contributed by atoms with E-state index in [1.54, 1.807) is 6.07 Å². The van der Waals surface area contributed by atoms with Crippen molar-refractivity contribution in [1.82, 2.24) is 0 Å². The van der Waals surface area contributed by atoms with Crippen LogP contribution in [0.3, 0.4) is 0 Å². The second-order valence-electron chi connectivity index (χ2n) is 3.99. The van der Waals surface area contributed by atoms with Gasteiger partial charge in [0.1, 0.15) is 5.78 Å². The lowest BCUT2D eigenvalue weighted by Crippen LogP contribution is -2.01. The molecule has 0 bridgehead atoms. The summed E-state index contributed by atoms with van der Waals surface area (Å²) in [4.78, 5) is 11.3. The molecule has 5 heteroatoms. The van der Waals surface area contributed by atoms with Crippen LogP contribution in [0.4, 0.5) is 0 Å². The number of methoxy groups -OCH3 is 1. The van der Waals surface area contributed by atoms with Crippen molar-refractivity contribution in [3.05, 3.63) is 21.3 Å². The first kappa shape index (κ1) is 15.2. The minimum atomic E-state index is -0.0796. The van der Waals surface area contributed by atoms with Crippen molar-refractivity contribution >= 4 is 28.4 Å². The molecule has 0 aliphatic rings. The van der Waals surface area contributed by atoms with Crippen LogP contribution in [0.25, 0.3) is 0 Å². The first-order chi connectivity index (χ1) is 8.58. The number of phenols is 1. The first-order valence-corrected chi connectivity index (χ1v) is 6.84. The fourth-order valence-electron chi connectivity index (χ4n) is 1.67. The third kappa shape index (κ3) is 4.45. The molecular formula is C13H17IO4. The normalized spacial score (nSPS) is 10.4. The number of rotatable bonds is 7. The predicted molar refractivity (Wildman–Crippen MR) is 77.0 cm³/mol. The Balaban J connectivity index is 2.57. The topological polar surface area (TPSA) is 66.8 Å². The highest BCUT2D eigenvalue weighted by molar-refractivity contribution is 14.1. The van der Waals surface area contributed by atoms with Gasteiger partial charge in [-0.3, -0.25) is 4.79 Å². The van der Waals surface area contributed by atoms with Gasteiger partial charge in [0.05, 0.1) is 10.7 Å². The van der Waals surface area contributed by atoms with E-state index in [4.69, 9.17) is 9.84 Å². The highest BCUT2D eigenvalue weighted by Gasteiger charge is 2.09. The number of ether oxygens (including phenoxy) is 1. The van der Waals surface area contributed by atoms with Crippen molar-refractivity contribution in [1.29, 1.82) is 0 Å². The second kappa shape index (κ2) is 7.58. The van der Waals surface area contributed by atoms with Gasteiger partial charge in [-0.1, -0.05) is 0 Å². The van der Waals surface area contributed by atoms with Crippen LogP contribution >= 0.6 is 22.6 Å². The molecule has 0 heterocycles. The van der Waals surface area contributed by atoms with E-state index in [1.807, 2.05) is 28.7 Å². The summed E-state index contributed by atoms with van der Waals surface area (Å²) in [7, 11) is 1.51. The summed E-state index contributed by atoms with van der Waals surface area (Å²) in [6.45, 7) is -0.0796. The van der Waals surface area contributed by atoms with Crippen molar-refractivity contribution in [3.8, 4) is 11.5 Å². The van der Waals surface area contributed by atoms with Gasteiger partial charge >= 0.3 is 0 Å². The Morgan fingerprint density at radius 2 is 2.11 bits per heavy atom. The van der Waals surface area contributed by atoms with Crippen LogP contribution in [0, 0.1) is 3.57 Å². The van der Waals surface area contributed by atoms with Crippen LogP contribution < -0.4 is 4.74 Å². The SMILES string of the molecule is COc1cc(CCCC(=O)CCO)cc(I)c1O. The Morgan fingerprint density at radius 1 is 1.39 bits per heavy atom. The van der Waals surface area contributed by atoms with Gasteiger partial charge in [-0.25, -0.2) is 0 Å². The number of hydrogen-bond acceptors (Lipinski definition) is 4. The van der Waals surface area contributed by atoms with Gasteiger partial charge in [-0.2, -0.15) is 0 Å². The van der Waals surface area contributed by atoms with Gasteiger partial charge in [-0.05, 0) is 53.1 Å². The number of aliphatic hydroxyl groups excluding tert-OH is 1. The summed E-state index contributed by atoms with van der Waals surface area (Å²) in [5, 5.41) is 18.3. The minimum absolute atomic E-state index is 0.0796. The molecule has 0 radical (unpaired) electrons. The second-order valence-corrected chi connectivity index (χ2v) is 5.16. The number of benzene rings is 1. The van der Waals surface area contributed by atoms with Crippen molar-refractivity contribution in [2.24, 2.45) is 0 Å². The molecule has 0 unspecified atom stereocenters. The van der Waals surface area contributed by atoms with E-state index >= 15 is 0 Å². The summed E-state index contributed by atoms with van der Waals surface area (Å²) in [6, 6.07) is 3.67. The zero-order chi connectivity index (χ0) is 13.5. The summed E-state index contributed by atoms with van der Waals surface area (Å²) < 4.78 is 5.82. The Hall–Kier alpha value is -0.820. The molecule has 100 valence electrons. The number of Topliss-reactive ketones (excluding diaryl/α,β-unsaturated/α-hetero) is 1. The van der Waals surface area contributed by atoms with E-state index in [2.05, 4.69) is 0 Å². The molecule has 0 spiro atoms. The van der Waals surface area contributed by atoms with Crippen LogP contribution in [0.1, 0.15) is 24.8 Å². The standard InChI is InChI=1S/C13H17IO4/c1-18-12-8-9(7-11(14)13(12)17)3-2-4-10(16)5-6-15/h7-8,15,17H,2-6H2,1H3. The lowest BCUT2D eigenvalue weighted by Gasteiger charge is -2.08. The molecule has 0 aliphatic carbocycles. The Morgan fingerprint density at radius 3 is 2.72 bits per heavy atom. The zero-order valence-corrected chi connectivity index (χ0v) is 12.4. The highest BCUT2D eigenvalue weighted by Crippen LogP contribution is 2.32. The van der Waals surface area contributed by atoms with Crippen LogP contribution in [0.15, 0.2) is 12.1 Å². The number of aliphatic hydroxyl groups is 1. The summed E-state index contributed by atoms with van der Waals surface area (Å²) in [6.07, 6.45) is 2.20. The lowest BCUT2D eigenvalue weighted by molar-refractivity contribution is -0.119. The van der Waals surface area contributed by atoms with Crippen LogP contribution in [0.2, 0.25) is 0 Å². The largest absolute Gasteiger partial charge is 0.504 e. The number of carbonyl (C=O) groups excluding carboxylic acids is 1. The number of halogens is 1. The maximum absolute atomic E-state index is 11.3. The van der Waals surface area contributed by atoms with E-state index in [-0.39, 0.29) is 24.6 Å². The molecular weight excluding hydrogens is 347 g/mol. The molecule has 1 rings (SSSR count). The number of carbonyl (C=O) groups is 1. The molecule has 2 N–H and O–H groups in total. The molecule has 18 heavy (non-hydrogen) atoms. The lowest BCUT2D eigenvalue weighted by atomic mass is 10.1. The van der Waals surface area contributed by atoms with Crippen molar-refractivity contribution < 1.29 is 19.7 Å². The van der Waals surface area contributed by atoms with Crippen LogP contribution in [0.5, 0.6) is 11.5 Å². The van der Waals surface area contributed by atoms with Gasteiger partial charge in [-0.15, -0.1) is 0 Å². The van der Waals surface area contributed by atoms with Gasteiger partial charge in [0.15, 0.2) is 11.5 Å². The molecule has 1 aromatic carbocycles. The molecule has 4 nitrogen and oxygen atoms in total. The van der Waals surface area contributed by atoms with Crippen molar-refractivity contribution in [2.75, 3.05) is 13.7 Å². The third-order valence-corrected chi connectivity index (χ3v) is 3.44. The number of hydrogen-bond donors (Lipinski definition) is 2. The molecule has 0 saturated carbocycles. The molecule has 1 aromatic rings. The number of ketones is 1. The quantitative estimate of drug-likeness (QED) is 0.729. The van der Waals surface area contributed by atoms with Gasteiger partial charge in [0.2, 0.25) is 0 Å². The van der Waals surface area contributed by atoms with E-state index in [9.17, 15) is 9.90 Å². The monoisotopic (exact) mass is 364 g/mol. The van der Waals surface area contributed by atoms with E-state index in [1.165, 1.54) is 7.11 Å². The van der Waals surface area contributed by atoms with E-state index < -0.39 is 0 Å². The highest BCUT2D eigenvalue weighted by atomic mass is 127. The summed E-state index contributed by atoms with van der Waals surface area (Å²) >= 11 is 2.05. The van der Waals surface area contributed by atoms with Gasteiger partial charge < -0.3 is 14.9 Å². The number of aryl methyl sites for hydroxylation is 1. The molecule has 0 aliphatic heterocycles. The predicted octanol–water partition coefficient (Wildman–Crippen LogP) is 2.28. The van der Waals surface area contributed by atoms with Gasteiger partial charge in [0, 0.05) is 19.4 Å². The fraction of sp³-hybridized carbons (Fsp3) is 0.462. The smallest absolute Gasteiger partial charge is 0.171 e. The summed E-state index contributed by atoms with van der Waals surface area (Å²) in [5.74, 6) is 0.690. The maximum Gasteiger partial charge on any atom is 0.171 e. The fourth-order valence-corrected chi connectivity index (χ4v) is 2.33. The van der Waals surface area contributed by atoms with Crippen LogP contribution in [-0.2, 0) is 11.2 Å². The van der Waals surface area contributed by atoms with Crippen molar-refractivity contribution in [2.45, 2.75) is 25.7 Å². The zero-order valence-electron chi connectivity index (χ0n) is 10.3. The Labute approximate surface area is 120 Å². The molecule has 0 atom stereocenters. The minimum Gasteiger partial charge on any atom is -0.504 e.